The first-order chi connectivity index (χ1) is 19.3. The zero-order valence-electron chi connectivity index (χ0n) is 22.8. The number of nitrogens with zero attached hydrogens (tertiary/aromatic N) is 3. The summed E-state index contributed by atoms with van der Waals surface area (Å²) in [6.07, 6.45) is 3.46. The van der Waals surface area contributed by atoms with Gasteiger partial charge in [0.15, 0.2) is 0 Å². The normalized spacial score (nSPS) is 26.1. The Morgan fingerprint density at radius 2 is 2.02 bits per heavy atom. The van der Waals surface area contributed by atoms with Gasteiger partial charge in [-0.05, 0) is 55.5 Å². The highest BCUT2D eigenvalue weighted by Gasteiger charge is 2.50. The van der Waals surface area contributed by atoms with Crippen molar-refractivity contribution < 1.29 is 19.1 Å². The van der Waals surface area contributed by atoms with Crippen LogP contribution < -0.4 is 10.1 Å². The third kappa shape index (κ3) is 3.86. The maximum atomic E-state index is 13.3. The van der Waals surface area contributed by atoms with E-state index in [9.17, 15) is 14.4 Å². The molecule has 4 aliphatic rings. The van der Waals surface area contributed by atoms with Crippen molar-refractivity contribution in [3.05, 3.63) is 70.5 Å². The number of fused-ring (bicyclic) bond motifs is 4. The fraction of sp³-hybridized carbons (Fsp3) is 0.419. The molecular weight excluding hydrogens is 506 g/mol. The molecule has 1 aromatic heterocycles. The van der Waals surface area contributed by atoms with Gasteiger partial charge in [0.1, 0.15) is 11.8 Å². The number of piperidine rings is 2. The summed E-state index contributed by atoms with van der Waals surface area (Å²) in [5, 5.41) is 9.58. The lowest BCUT2D eigenvalue weighted by Crippen LogP contribution is -2.52. The molecule has 3 unspecified atom stereocenters. The molecule has 2 fully saturated rings. The van der Waals surface area contributed by atoms with Crippen LogP contribution in [0, 0.1) is 12.8 Å². The molecule has 3 amide bonds. The van der Waals surface area contributed by atoms with Gasteiger partial charge in [-0.2, -0.15) is 5.10 Å². The summed E-state index contributed by atoms with van der Waals surface area (Å²) in [6.45, 7) is 8.10. The van der Waals surface area contributed by atoms with Crippen LogP contribution in [0.25, 0.3) is 11.1 Å². The zero-order chi connectivity index (χ0) is 27.6. The van der Waals surface area contributed by atoms with E-state index in [4.69, 9.17) is 4.74 Å². The summed E-state index contributed by atoms with van der Waals surface area (Å²) in [4.78, 5) is 41.5. The number of ether oxygens (including phenoxy) is 1. The van der Waals surface area contributed by atoms with Crippen molar-refractivity contribution in [2.75, 3.05) is 19.7 Å². The van der Waals surface area contributed by atoms with E-state index in [0.29, 0.717) is 31.1 Å². The highest BCUT2D eigenvalue weighted by Crippen LogP contribution is 2.51. The summed E-state index contributed by atoms with van der Waals surface area (Å²) in [5.41, 5.74) is 7.25. The second-order valence-electron chi connectivity index (χ2n) is 11.8. The summed E-state index contributed by atoms with van der Waals surface area (Å²) < 4.78 is 6.39. The molecule has 2 saturated heterocycles. The van der Waals surface area contributed by atoms with Gasteiger partial charge in [0.25, 0.3) is 5.91 Å². The molecule has 9 heteroatoms. The van der Waals surface area contributed by atoms with Gasteiger partial charge in [0.05, 0.1) is 19.3 Å². The minimum atomic E-state index is -0.623. The van der Waals surface area contributed by atoms with Crippen LogP contribution in [0.4, 0.5) is 0 Å². The van der Waals surface area contributed by atoms with Gasteiger partial charge in [0.2, 0.25) is 11.8 Å². The van der Waals surface area contributed by atoms with Crippen LogP contribution in [-0.2, 0) is 28.1 Å². The number of benzene rings is 2. The van der Waals surface area contributed by atoms with Crippen molar-refractivity contribution >= 4 is 17.7 Å². The van der Waals surface area contributed by atoms with Crippen molar-refractivity contribution in [3.63, 3.8) is 0 Å². The Labute approximate surface area is 232 Å². The maximum Gasteiger partial charge on any atom is 0.255 e. The molecule has 2 N–H and O–H groups in total. The Morgan fingerprint density at radius 1 is 1.15 bits per heavy atom. The molecule has 1 spiro atoms. The van der Waals surface area contributed by atoms with Crippen LogP contribution in [0.15, 0.2) is 42.6 Å². The first-order valence-corrected chi connectivity index (χ1v) is 14.1. The maximum absolute atomic E-state index is 13.3. The lowest BCUT2D eigenvalue weighted by Gasteiger charge is -2.44. The van der Waals surface area contributed by atoms with Gasteiger partial charge in [0, 0.05) is 52.9 Å². The fourth-order valence-electron chi connectivity index (χ4n) is 7.20. The minimum absolute atomic E-state index is 0.0955. The van der Waals surface area contributed by atoms with E-state index in [1.807, 2.05) is 19.2 Å². The van der Waals surface area contributed by atoms with Gasteiger partial charge >= 0.3 is 0 Å². The van der Waals surface area contributed by atoms with Gasteiger partial charge in [-0.1, -0.05) is 31.2 Å². The number of carbonyl (C=O) groups is 3. The molecule has 5 heterocycles. The Morgan fingerprint density at radius 3 is 2.80 bits per heavy atom. The number of hydrogen-bond donors (Lipinski definition) is 2. The number of rotatable bonds is 4. The van der Waals surface area contributed by atoms with Crippen molar-refractivity contribution in [1.82, 2.24) is 25.3 Å². The highest BCUT2D eigenvalue weighted by molar-refractivity contribution is 6.05. The van der Waals surface area contributed by atoms with E-state index in [-0.39, 0.29) is 23.7 Å². The van der Waals surface area contributed by atoms with Gasteiger partial charge in [-0.15, -0.1) is 0 Å². The monoisotopic (exact) mass is 539 g/mol. The average molecular weight is 540 g/mol. The van der Waals surface area contributed by atoms with Crippen molar-refractivity contribution in [2.24, 2.45) is 5.92 Å². The standard InChI is InChI=1S/C31H33N5O4/c1-18-14-35(15-20-4-3-5-21(12-20)23-13-32-34-19(23)2)11-10-31(18)17-40-28-24-16-36(26-8-9-27(37)33-29(26)38)30(39)22(24)6-7-25(28)31/h3-7,12-13,18,26H,8-11,14-17H2,1-2H3,(H,32,34)(H,33,37,38). The smallest absolute Gasteiger partial charge is 0.255 e. The predicted molar refractivity (Wildman–Crippen MR) is 147 cm³/mol. The van der Waals surface area contributed by atoms with Crippen molar-refractivity contribution in [3.8, 4) is 16.9 Å². The molecule has 2 aromatic carbocycles. The SMILES string of the molecule is Cc1[nH]ncc1-c1cccc(CN2CCC3(COc4c3ccc3c4CN(C4CCC(=O)NC4=O)C3=O)C(C)C2)c1. The number of amides is 3. The number of nitrogens with one attached hydrogen (secondary N) is 2. The molecule has 3 aromatic rings. The van der Waals surface area contributed by atoms with Crippen molar-refractivity contribution in [1.29, 1.82) is 0 Å². The first-order valence-electron chi connectivity index (χ1n) is 14.1. The molecule has 4 aliphatic heterocycles. The first kappa shape index (κ1) is 25.0. The Bertz CT molecular complexity index is 1550. The second-order valence-corrected chi connectivity index (χ2v) is 11.8. The van der Waals surface area contributed by atoms with E-state index >= 15 is 0 Å². The minimum Gasteiger partial charge on any atom is -0.492 e. The molecule has 40 heavy (non-hydrogen) atoms. The Balaban J connectivity index is 1.09. The topological polar surface area (TPSA) is 108 Å². The second kappa shape index (κ2) is 9.30. The summed E-state index contributed by atoms with van der Waals surface area (Å²) in [5.74, 6) is 0.357. The molecule has 0 aliphatic carbocycles. The Hall–Kier alpha value is -3.98. The zero-order valence-corrected chi connectivity index (χ0v) is 22.8. The van der Waals surface area contributed by atoms with E-state index in [2.05, 4.69) is 57.7 Å². The van der Waals surface area contributed by atoms with Crippen LogP contribution in [-0.4, -0.2) is 63.5 Å². The van der Waals surface area contributed by atoms with Gasteiger partial charge in [-0.25, -0.2) is 0 Å². The van der Waals surface area contributed by atoms with Crippen LogP contribution in [0.2, 0.25) is 0 Å². The number of aromatic amines is 1. The number of carbonyl (C=O) groups excluding carboxylic acids is 3. The number of imide groups is 1. The van der Waals surface area contributed by atoms with E-state index in [1.165, 1.54) is 16.7 Å². The van der Waals surface area contributed by atoms with E-state index < -0.39 is 11.9 Å². The third-order valence-electron chi connectivity index (χ3n) is 9.50. The molecule has 3 atom stereocenters. The lowest BCUT2D eigenvalue weighted by molar-refractivity contribution is -0.136. The number of likely N-dealkylation sites (tertiary alicyclic amines) is 1. The van der Waals surface area contributed by atoms with E-state index in [1.54, 1.807) is 4.90 Å². The summed E-state index contributed by atoms with van der Waals surface area (Å²) in [7, 11) is 0. The van der Waals surface area contributed by atoms with Gasteiger partial charge < -0.3 is 9.64 Å². The summed E-state index contributed by atoms with van der Waals surface area (Å²) >= 11 is 0. The quantitative estimate of drug-likeness (QED) is 0.493. The largest absolute Gasteiger partial charge is 0.492 e. The Kier molecular flexibility index (Phi) is 5.82. The lowest BCUT2D eigenvalue weighted by atomic mass is 9.67. The fourth-order valence-corrected chi connectivity index (χ4v) is 7.20. The number of H-pyrrole nitrogens is 1. The molecule has 7 rings (SSSR count). The average Bonchev–Trinajstić information content (AvgIpc) is 3.63. The highest BCUT2D eigenvalue weighted by atomic mass is 16.5. The number of hydrogen-bond acceptors (Lipinski definition) is 6. The molecule has 0 saturated carbocycles. The third-order valence-corrected chi connectivity index (χ3v) is 9.50. The molecular formula is C31H33N5O4. The summed E-state index contributed by atoms with van der Waals surface area (Å²) in [6, 6.07) is 12.1. The molecule has 0 bridgehead atoms. The van der Waals surface area contributed by atoms with Crippen LogP contribution >= 0.6 is 0 Å². The van der Waals surface area contributed by atoms with E-state index in [0.717, 1.165) is 48.6 Å². The number of aryl methyl sites for hydroxylation is 1. The number of aromatic nitrogens is 2. The predicted octanol–water partition coefficient (Wildman–Crippen LogP) is 3.32. The van der Waals surface area contributed by atoms with Crippen LogP contribution in [0.5, 0.6) is 5.75 Å². The molecule has 0 radical (unpaired) electrons. The van der Waals surface area contributed by atoms with Crippen LogP contribution in [0.3, 0.4) is 0 Å². The van der Waals surface area contributed by atoms with Gasteiger partial charge in [-0.3, -0.25) is 29.7 Å². The molecule has 206 valence electrons. The van der Waals surface area contributed by atoms with Crippen LogP contribution in [0.1, 0.15) is 58.9 Å². The molecule has 9 nitrogen and oxygen atoms in total. The van der Waals surface area contributed by atoms with Crippen molar-refractivity contribution in [2.45, 2.75) is 57.7 Å².